The molecule has 0 aromatic heterocycles. The molecule has 2 aliphatic rings. The largest absolute Gasteiger partial charge is 0.444 e. The Kier molecular flexibility index (Phi) is 4.92. The summed E-state index contributed by atoms with van der Waals surface area (Å²) in [6.45, 7) is 7.08. The van der Waals surface area contributed by atoms with E-state index in [-0.39, 0.29) is 28.2 Å². The van der Waals surface area contributed by atoms with Crippen LogP contribution in [0.4, 0.5) is 21.9 Å². The number of nitrogen functional groups attached to an aromatic ring is 1. The number of nitrogens with zero attached hydrogens (tertiary/aromatic N) is 2. The number of anilines is 2. The smallest absolute Gasteiger partial charge is 0.407 e. The monoisotopic (exact) mass is 376 g/mol. The maximum atomic E-state index is 11.9. The summed E-state index contributed by atoms with van der Waals surface area (Å²) < 4.78 is 5.31. The summed E-state index contributed by atoms with van der Waals surface area (Å²) in [6, 6.07) is 5.01. The molecule has 0 atom stereocenters. The number of nitrogens with one attached hydrogen (secondary N) is 1. The summed E-state index contributed by atoms with van der Waals surface area (Å²) in [5.41, 5.74) is 6.51. The van der Waals surface area contributed by atoms with E-state index in [1.165, 1.54) is 6.07 Å². The van der Waals surface area contributed by atoms with Gasteiger partial charge in [0.25, 0.3) is 5.69 Å². The molecular weight excluding hydrogens is 348 g/mol. The van der Waals surface area contributed by atoms with E-state index in [1.54, 1.807) is 12.1 Å². The van der Waals surface area contributed by atoms with Crippen LogP contribution in [-0.2, 0) is 4.74 Å². The van der Waals surface area contributed by atoms with Gasteiger partial charge >= 0.3 is 6.09 Å². The number of carbonyl (C=O) groups is 1. The molecule has 1 saturated heterocycles. The fourth-order valence-corrected chi connectivity index (χ4v) is 4.15. The molecule has 0 radical (unpaired) electrons. The van der Waals surface area contributed by atoms with Gasteiger partial charge in [-0.1, -0.05) is 0 Å². The Morgan fingerprint density at radius 3 is 2.52 bits per heavy atom. The number of amides is 1. The Morgan fingerprint density at radius 1 is 1.33 bits per heavy atom. The van der Waals surface area contributed by atoms with Crippen molar-refractivity contribution in [3.63, 3.8) is 0 Å². The van der Waals surface area contributed by atoms with Crippen LogP contribution >= 0.6 is 0 Å². The van der Waals surface area contributed by atoms with Gasteiger partial charge in [0, 0.05) is 30.9 Å². The van der Waals surface area contributed by atoms with Crippen LogP contribution in [0.5, 0.6) is 0 Å². The van der Waals surface area contributed by atoms with Crippen molar-refractivity contribution in [1.29, 1.82) is 0 Å². The van der Waals surface area contributed by atoms with Crippen molar-refractivity contribution in [2.24, 2.45) is 5.41 Å². The molecule has 1 saturated carbocycles. The van der Waals surface area contributed by atoms with Gasteiger partial charge in [-0.15, -0.1) is 0 Å². The predicted molar refractivity (Wildman–Crippen MR) is 104 cm³/mol. The molecule has 0 bridgehead atoms. The lowest BCUT2D eigenvalue weighted by molar-refractivity contribution is -0.384. The molecule has 2 fully saturated rings. The number of alkyl carbamates (subject to hydrolysis) is 1. The van der Waals surface area contributed by atoms with Crippen LogP contribution in [0.2, 0.25) is 0 Å². The van der Waals surface area contributed by atoms with E-state index in [0.29, 0.717) is 11.4 Å². The van der Waals surface area contributed by atoms with Gasteiger partial charge in [-0.25, -0.2) is 4.79 Å². The van der Waals surface area contributed by atoms with E-state index in [4.69, 9.17) is 10.5 Å². The second-order valence-corrected chi connectivity index (χ2v) is 8.74. The number of piperidine rings is 1. The first-order valence-corrected chi connectivity index (χ1v) is 9.35. The number of hydrogen-bond donors (Lipinski definition) is 2. The van der Waals surface area contributed by atoms with E-state index in [1.807, 2.05) is 20.8 Å². The lowest BCUT2D eigenvalue weighted by Gasteiger charge is -2.52. The van der Waals surface area contributed by atoms with E-state index >= 15 is 0 Å². The first-order valence-electron chi connectivity index (χ1n) is 9.35. The zero-order valence-corrected chi connectivity index (χ0v) is 16.2. The number of rotatable bonds is 3. The second kappa shape index (κ2) is 6.90. The van der Waals surface area contributed by atoms with Crippen LogP contribution in [0, 0.1) is 15.5 Å². The van der Waals surface area contributed by atoms with Crippen LogP contribution in [0.1, 0.15) is 46.5 Å². The third-order valence-corrected chi connectivity index (χ3v) is 5.44. The van der Waals surface area contributed by atoms with Gasteiger partial charge in [0.15, 0.2) is 0 Å². The van der Waals surface area contributed by atoms with Crippen molar-refractivity contribution in [2.45, 2.75) is 58.1 Å². The van der Waals surface area contributed by atoms with E-state index in [9.17, 15) is 14.9 Å². The Hall–Kier alpha value is -2.51. The van der Waals surface area contributed by atoms with Crippen LogP contribution in [0.3, 0.4) is 0 Å². The lowest BCUT2D eigenvalue weighted by atomic mass is 9.60. The quantitative estimate of drug-likeness (QED) is 0.475. The molecular formula is C19H28N4O4. The highest BCUT2D eigenvalue weighted by Crippen LogP contribution is 2.50. The van der Waals surface area contributed by atoms with Crippen molar-refractivity contribution >= 4 is 23.2 Å². The maximum Gasteiger partial charge on any atom is 0.407 e. The van der Waals surface area contributed by atoms with E-state index < -0.39 is 5.60 Å². The topological polar surface area (TPSA) is 111 Å². The Bertz CT molecular complexity index is 728. The standard InChI is InChI=1S/C19H28N4O4/c1-18(2,3)27-17(24)21-14-11-19(12-14)6-8-22(9-7-19)15-5-4-13(20)10-16(15)23(25)26/h4-5,10,14H,6-9,11-12,20H2,1-3H3,(H,21,24). The molecule has 8 heteroatoms. The molecule has 1 amide bonds. The van der Waals surface area contributed by atoms with Crippen molar-refractivity contribution in [3.8, 4) is 0 Å². The predicted octanol–water partition coefficient (Wildman–Crippen LogP) is 3.45. The lowest BCUT2D eigenvalue weighted by Crippen LogP contribution is -2.55. The van der Waals surface area contributed by atoms with Crippen LogP contribution < -0.4 is 16.0 Å². The van der Waals surface area contributed by atoms with Gasteiger partial charge in [-0.05, 0) is 64.0 Å². The summed E-state index contributed by atoms with van der Waals surface area (Å²) in [7, 11) is 0. The number of hydrogen-bond acceptors (Lipinski definition) is 6. The van der Waals surface area contributed by atoms with Crippen molar-refractivity contribution in [3.05, 3.63) is 28.3 Å². The highest BCUT2D eigenvalue weighted by atomic mass is 16.6. The number of benzene rings is 1. The molecule has 3 rings (SSSR count). The fourth-order valence-electron chi connectivity index (χ4n) is 4.15. The van der Waals surface area contributed by atoms with Crippen LogP contribution in [0.15, 0.2) is 18.2 Å². The van der Waals surface area contributed by atoms with Gasteiger partial charge in [0.1, 0.15) is 11.3 Å². The first kappa shape index (κ1) is 19.3. The minimum atomic E-state index is -0.495. The molecule has 1 aromatic rings. The number of nitro groups is 1. The zero-order chi connectivity index (χ0) is 19.8. The van der Waals surface area contributed by atoms with Crippen molar-refractivity contribution in [2.75, 3.05) is 23.7 Å². The number of ether oxygens (including phenoxy) is 1. The minimum Gasteiger partial charge on any atom is -0.444 e. The summed E-state index contributed by atoms with van der Waals surface area (Å²) in [5.74, 6) is 0. The SMILES string of the molecule is CC(C)(C)OC(=O)NC1CC2(CCN(c3ccc(N)cc3[N+](=O)[O-])CC2)C1. The fraction of sp³-hybridized carbons (Fsp3) is 0.632. The second-order valence-electron chi connectivity index (χ2n) is 8.74. The number of nitrogens with two attached hydrogens (primary N) is 1. The highest BCUT2D eigenvalue weighted by molar-refractivity contribution is 5.69. The first-order chi connectivity index (χ1) is 12.6. The van der Waals surface area contributed by atoms with E-state index in [2.05, 4.69) is 10.2 Å². The van der Waals surface area contributed by atoms with Gasteiger partial charge in [0.05, 0.1) is 4.92 Å². The van der Waals surface area contributed by atoms with E-state index in [0.717, 1.165) is 38.8 Å². The van der Waals surface area contributed by atoms with Gasteiger partial charge in [0.2, 0.25) is 0 Å². The zero-order valence-electron chi connectivity index (χ0n) is 16.2. The Labute approximate surface area is 159 Å². The summed E-state index contributed by atoms with van der Waals surface area (Å²) in [5, 5.41) is 14.3. The Morgan fingerprint density at radius 2 is 1.96 bits per heavy atom. The molecule has 148 valence electrons. The average Bonchev–Trinajstić information content (AvgIpc) is 2.52. The summed E-state index contributed by atoms with van der Waals surface area (Å²) in [6.07, 6.45) is 3.42. The third kappa shape index (κ3) is 4.43. The molecule has 1 aromatic carbocycles. The molecule has 3 N–H and O–H groups in total. The van der Waals surface area contributed by atoms with Gasteiger partial charge < -0.3 is 20.7 Å². The molecule has 27 heavy (non-hydrogen) atoms. The molecule has 1 aliphatic carbocycles. The molecule has 0 unspecified atom stereocenters. The number of nitro benzene ring substituents is 1. The van der Waals surface area contributed by atoms with Gasteiger partial charge in [-0.2, -0.15) is 0 Å². The van der Waals surface area contributed by atoms with Crippen LogP contribution in [-0.4, -0.2) is 35.7 Å². The number of carbonyl (C=O) groups excluding carboxylic acids is 1. The average molecular weight is 376 g/mol. The summed E-state index contributed by atoms with van der Waals surface area (Å²) >= 11 is 0. The third-order valence-electron chi connectivity index (χ3n) is 5.44. The molecule has 8 nitrogen and oxygen atoms in total. The molecule has 1 spiro atoms. The van der Waals surface area contributed by atoms with Crippen LogP contribution in [0.25, 0.3) is 0 Å². The Balaban J connectivity index is 1.54. The van der Waals surface area contributed by atoms with Crippen molar-refractivity contribution in [1.82, 2.24) is 5.32 Å². The molecule has 1 heterocycles. The summed E-state index contributed by atoms with van der Waals surface area (Å²) in [4.78, 5) is 24.9. The van der Waals surface area contributed by atoms with Crippen molar-refractivity contribution < 1.29 is 14.5 Å². The van der Waals surface area contributed by atoms with Gasteiger partial charge in [-0.3, -0.25) is 10.1 Å². The minimum absolute atomic E-state index is 0.0593. The highest BCUT2D eigenvalue weighted by Gasteiger charge is 2.47. The normalized spacial score (nSPS) is 19.4. The maximum absolute atomic E-state index is 11.9. The molecule has 1 aliphatic heterocycles.